The van der Waals surface area contributed by atoms with E-state index in [1.165, 1.54) is 19.3 Å². The number of hydrogen-bond acceptors (Lipinski definition) is 11. The number of ether oxygens (including phenoxy) is 3. The molecule has 3 rings (SSSR count). The van der Waals surface area contributed by atoms with Crippen molar-refractivity contribution in [1.82, 2.24) is 0 Å². The maximum absolute atomic E-state index is 11.5. The molecule has 1 fully saturated rings. The number of carbonyl (C=O) groups excluding carboxylic acids is 2. The highest BCUT2D eigenvalue weighted by atomic mass is 16.7. The molecule has 0 radical (unpaired) electrons. The Morgan fingerprint density at radius 2 is 1.85 bits per heavy atom. The van der Waals surface area contributed by atoms with Gasteiger partial charge in [0.15, 0.2) is 6.29 Å². The van der Waals surface area contributed by atoms with E-state index in [1.807, 2.05) is 0 Å². The average Bonchev–Trinajstić information content (AvgIpc) is 2.92. The van der Waals surface area contributed by atoms with Gasteiger partial charge in [0.25, 0.3) is 0 Å². The molecule has 1 aliphatic carbocycles. The lowest BCUT2D eigenvalue weighted by Gasteiger charge is -2.39. The number of benzene rings is 1. The lowest BCUT2D eigenvalue weighted by atomic mass is 9.82. The minimum atomic E-state index is -0.833. The van der Waals surface area contributed by atoms with Gasteiger partial charge in [-0.2, -0.15) is 0 Å². The van der Waals surface area contributed by atoms with E-state index >= 15 is 0 Å². The van der Waals surface area contributed by atoms with Gasteiger partial charge in [-0.25, -0.2) is 0 Å². The molecule has 11 nitrogen and oxygen atoms in total. The Labute approximate surface area is 233 Å². The summed E-state index contributed by atoms with van der Waals surface area (Å²) in [6, 6.07) is -0.557. The zero-order valence-electron chi connectivity index (χ0n) is 22.9. The molecular formula is C29H39NO10. The lowest BCUT2D eigenvalue weighted by Crippen LogP contribution is -2.52. The predicted molar refractivity (Wildman–Crippen MR) is 148 cm³/mol. The van der Waals surface area contributed by atoms with Crippen molar-refractivity contribution < 1.29 is 49.3 Å². The summed E-state index contributed by atoms with van der Waals surface area (Å²) in [6.45, 7) is 6.87. The molecule has 1 saturated heterocycles. The number of rotatable bonds is 9. The number of nitrogens with two attached hydrogens (primary N) is 1. The van der Waals surface area contributed by atoms with Crippen molar-refractivity contribution in [1.29, 1.82) is 0 Å². The average molecular weight is 562 g/mol. The van der Waals surface area contributed by atoms with Crippen molar-refractivity contribution in [3.05, 3.63) is 58.7 Å². The molecule has 2 aliphatic rings. The van der Waals surface area contributed by atoms with Gasteiger partial charge < -0.3 is 50.3 Å². The molecule has 0 bridgehead atoms. The van der Waals surface area contributed by atoms with Crippen LogP contribution in [0.2, 0.25) is 0 Å². The van der Waals surface area contributed by atoms with E-state index in [-0.39, 0.29) is 54.3 Å². The summed E-state index contributed by atoms with van der Waals surface area (Å²) >= 11 is 0. The molecule has 0 spiro atoms. The molecule has 1 aromatic rings. The van der Waals surface area contributed by atoms with Gasteiger partial charge in [-0.05, 0) is 31.6 Å². The molecule has 7 N–H and O–H groups in total. The molecule has 1 aromatic carbocycles. The number of phenolic OH excluding ortho intramolecular Hbond substituents is 2. The van der Waals surface area contributed by atoms with Gasteiger partial charge in [-0.1, -0.05) is 24.8 Å². The molecule has 1 aliphatic heterocycles. The first-order valence-corrected chi connectivity index (χ1v) is 12.8. The van der Waals surface area contributed by atoms with Gasteiger partial charge in [-0.15, -0.1) is 0 Å². The third kappa shape index (κ3) is 7.87. The number of fused-ring (bicyclic) bond motifs is 1. The highest BCUT2D eigenvalue weighted by molar-refractivity contribution is 5.82. The second-order valence-corrected chi connectivity index (χ2v) is 9.45. The van der Waals surface area contributed by atoms with Crippen LogP contribution in [0.5, 0.6) is 11.5 Å². The second-order valence-electron chi connectivity index (χ2n) is 9.45. The van der Waals surface area contributed by atoms with Crippen molar-refractivity contribution in [3.8, 4) is 11.5 Å². The van der Waals surface area contributed by atoms with Crippen LogP contribution in [0.1, 0.15) is 55.0 Å². The summed E-state index contributed by atoms with van der Waals surface area (Å²) in [7, 11) is 1.43. The number of aliphatic hydroxyl groups is 3. The van der Waals surface area contributed by atoms with Gasteiger partial charge in [-0.3, -0.25) is 4.79 Å². The fraction of sp³-hybridized carbons (Fsp3) is 0.448. The van der Waals surface area contributed by atoms with E-state index in [0.717, 1.165) is 0 Å². The van der Waals surface area contributed by atoms with Crippen LogP contribution in [-0.4, -0.2) is 82.5 Å². The fourth-order valence-electron chi connectivity index (χ4n) is 4.68. The maximum Gasteiger partial charge on any atom is 0.160 e. The first-order chi connectivity index (χ1) is 19.0. The van der Waals surface area contributed by atoms with E-state index in [2.05, 4.69) is 6.58 Å². The first kappa shape index (κ1) is 32.9. The van der Waals surface area contributed by atoms with Crippen molar-refractivity contribution in [2.75, 3.05) is 13.7 Å². The fourth-order valence-corrected chi connectivity index (χ4v) is 4.68. The summed E-state index contributed by atoms with van der Waals surface area (Å²) in [6.07, 6.45) is 5.52. The Balaban J connectivity index is 0.00000131. The third-order valence-corrected chi connectivity index (χ3v) is 6.62. The zero-order chi connectivity index (χ0) is 30.0. The highest BCUT2D eigenvalue weighted by Crippen LogP contribution is 2.49. The van der Waals surface area contributed by atoms with Gasteiger partial charge in [0, 0.05) is 42.0 Å². The van der Waals surface area contributed by atoms with E-state index in [0.29, 0.717) is 29.3 Å². The van der Waals surface area contributed by atoms with Crippen LogP contribution >= 0.6 is 0 Å². The van der Waals surface area contributed by atoms with Crippen LogP contribution in [0, 0.1) is 0 Å². The molecule has 11 heteroatoms. The first-order valence-electron chi connectivity index (χ1n) is 12.8. The second kappa shape index (κ2) is 15.5. The minimum Gasteiger partial charge on any atom is -0.507 e. The third-order valence-electron chi connectivity index (χ3n) is 6.62. The molecule has 0 saturated carbocycles. The molecule has 0 aromatic heterocycles. The van der Waals surface area contributed by atoms with Crippen molar-refractivity contribution in [2.24, 2.45) is 5.73 Å². The maximum atomic E-state index is 11.5. The number of carbonyl (C=O) groups is 2. The van der Waals surface area contributed by atoms with Gasteiger partial charge >= 0.3 is 0 Å². The summed E-state index contributed by atoms with van der Waals surface area (Å²) in [4.78, 5) is 19.6. The normalized spacial score (nSPS) is 26.9. The van der Waals surface area contributed by atoms with Crippen LogP contribution in [0.15, 0.2) is 36.5 Å². The van der Waals surface area contributed by atoms with Crippen LogP contribution in [0.25, 0.3) is 11.8 Å². The van der Waals surface area contributed by atoms with Gasteiger partial charge in [0.2, 0.25) is 0 Å². The smallest absolute Gasteiger partial charge is 0.160 e. The Morgan fingerprint density at radius 1 is 1.18 bits per heavy atom. The SMILES string of the molecule is C=Cc1c(O)c2c(c(O)c1\C(=C/C=C\C(C)=C\C=O)OC)[C@@H](OC1CC(N)C(O)C(C)O1)C[C@@H](O)C2.O=CCO. The van der Waals surface area contributed by atoms with E-state index in [9.17, 15) is 25.2 Å². The van der Waals surface area contributed by atoms with E-state index in [1.54, 1.807) is 32.1 Å². The number of allylic oxidation sites excluding steroid dienone is 5. The van der Waals surface area contributed by atoms with E-state index < -0.39 is 36.7 Å². The monoisotopic (exact) mass is 561 g/mol. The summed E-state index contributed by atoms with van der Waals surface area (Å²) < 4.78 is 17.4. The number of methoxy groups -OCH3 is 1. The van der Waals surface area contributed by atoms with Crippen LogP contribution in [0.4, 0.5) is 0 Å². The number of phenols is 2. The number of aromatic hydroxyl groups is 2. The van der Waals surface area contributed by atoms with Crippen molar-refractivity contribution >= 4 is 24.4 Å². The minimum absolute atomic E-state index is 0.109. The molecule has 40 heavy (non-hydrogen) atoms. The number of aliphatic hydroxyl groups excluding tert-OH is 3. The van der Waals surface area contributed by atoms with Crippen molar-refractivity contribution in [2.45, 2.75) is 69.9 Å². The largest absolute Gasteiger partial charge is 0.507 e. The molecular weight excluding hydrogens is 522 g/mol. The zero-order valence-corrected chi connectivity index (χ0v) is 22.9. The van der Waals surface area contributed by atoms with Crippen molar-refractivity contribution in [3.63, 3.8) is 0 Å². The summed E-state index contributed by atoms with van der Waals surface area (Å²) in [5.41, 5.74) is 7.86. The predicted octanol–water partition coefficient (Wildman–Crippen LogP) is 1.79. The van der Waals surface area contributed by atoms with E-state index in [4.69, 9.17) is 29.8 Å². The highest BCUT2D eigenvalue weighted by Gasteiger charge is 2.39. The molecule has 1 heterocycles. The molecule has 4 unspecified atom stereocenters. The van der Waals surface area contributed by atoms with Crippen LogP contribution < -0.4 is 5.73 Å². The Kier molecular flexibility index (Phi) is 12.7. The van der Waals surface area contributed by atoms with Gasteiger partial charge in [0.1, 0.15) is 29.8 Å². The number of aldehydes is 2. The quantitative estimate of drug-likeness (QED) is 0.0848. The standard InChI is InChI=1S/C27H35NO8.C2H4O2/c1-5-17-23(20(34-4)8-6-7-14(2)9-10-29)27(33)24-18(26(17)32)11-16(30)12-21(24)36-22-13-19(28)25(31)15(3)35-22;3-1-2-4/h5-10,15-16,19,21-22,25,30-33H,1,11-13,28H2,2-4H3;1,4H,2H2/b7-6-,14-9+,20-8+;/t15?,16-,19?,21-,22?,25?;/m0./s1. The van der Waals surface area contributed by atoms with Crippen LogP contribution in [-0.2, 0) is 30.2 Å². The molecule has 0 amide bonds. The van der Waals surface area contributed by atoms with Crippen LogP contribution in [0.3, 0.4) is 0 Å². The summed E-state index contributed by atoms with van der Waals surface area (Å²) in [5.74, 6) is -0.0770. The Bertz CT molecular complexity index is 1130. The summed E-state index contributed by atoms with van der Waals surface area (Å²) in [5, 5.41) is 50.8. The number of hydrogen-bond donors (Lipinski definition) is 6. The topological polar surface area (TPSA) is 189 Å². The molecule has 6 atom stereocenters. The lowest BCUT2D eigenvalue weighted by molar-refractivity contribution is -0.244. The Hall–Kier alpha value is -3.32. The Morgan fingerprint density at radius 3 is 2.40 bits per heavy atom. The molecule has 220 valence electrons. The van der Waals surface area contributed by atoms with Gasteiger partial charge in [0.05, 0.1) is 43.7 Å².